The average molecular weight is 327 g/mol. The molecule has 7 nitrogen and oxygen atoms in total. The van der Waals surface area contributed by atoms with Gasteiger partial charge in [-0.1, -0.05) is 0 Å². The summed E-state index contributed by atoms with van der Waals surface area (Å²) in [6, 6.07) is 1.32. The van der Waals surface area contributed by atoms with Crippen LogP contribution >= 0.6 is 11.6 Å². The Hall–Kier alpha value is -2.36. The monoisotopic (exact) mass is 326 g/mol. The Balaban J connectivity index is 3.39. The number of amides is 1. The van der Waals surface area contributed by atoms with Crippen molar-refractivity contribution in [1.82, 2.24) is 0 Å². The Kier molecular flexibility index (Phi) is 4.73. The van der Waals surface area contributed by atoms with E-state index in [0.29, 0.717) is 6.07 Å². The maximum Gasteiger partial charge on any atom is 0.471 e. The van der Waals surface area contributed by atoms with Gasteiger partial charge in [-0.25, -0.2) is 0 Å². The number of anilines is 1. The van der Waals surface area contributed by atoms with Gasteiger partial charge in [-0.2, -0.15) is 13.2 Å². The summed E-state index contributed by atoms with van der Waals surface area (Å²) in [7, 11) is 1.03. The van der Waals surface area contributed by atoms with Gasteiger partial charge in [-0.3, -0.25) is 19.7 Å². The van der Waals surface area contributed by atoms with Crippen molar-refractivity contribution in [2.24, 2.45) is 0 Å². The number of halogens is 4. The van der Waals surface area contributed by atoms with E-state index in [0.717, 1.165) is 13.2 Å². The minimum Gasteiger partial charge on any atom is -0.495 e. The van der Waals surface area contributed by atoms with Crippen LogP contribution in [-0.4, -0.2) is 29.4 Å². The zero-order valence-electron chi connectivity index (χ0n) is 10.2. The molecule has 0 saturated heterocycles. The number of nitro groups is 1. The zero-order chi connectivity index (χ0) is 16.4. The highest BCUT2D eigenvalue weighted by molar-refractivity contribution is 6.68. The SMILES string of the molecule is COc1cc(C(=O)Cl)c([N+](=O)[O-])cc1NC(=O)C(F)(F)F. The van der Waals surface area contributed by atoms with Crippen LogP contribution in [0.25, 0.3) is 0 Å². The van der Waals surface area contributed by atoms with Crippen molar-refractivity contribution >= 4 is 34.1 Å². The molecule has 0 aliphatic rings. The first kappa shape index (κ1) is 16.7. The molecule has 0 fully saturated rings. The van der Waals surface area contributed by atoms with Crippen molar-refractivity contribution in [2.75, 3.05) is 12.4 Å². The number of carbonyl (C=O) groups is 2. The third kappa shape index (κ3) is 3.81. The Morgan fingerprint density at radius 3 is 2.33 bits per heavy atom. The van der Waals surface area contributed by atoms with Crippen LogP contribution in [0.15, 0.2) is 12.1 Å². The molecule has 11 heteroatoms. The smallest absolute Gasteiger partial charge is 0.471 e. The number of nitrogens with zero attached hydrogens (tertiary/aromatic N) is 1. The number of alkyl halides is 3. The molecule has 1 aromatic rings. The lowest BCUT2D eigenvalue weighted by Crippen LogP contribution is -2.30. The summed E-state index contributed by atoms with van der Waals surface area (Å²) in [5.41, 5.74) is -2.06. The number of hydrogen-bond donors (Lipinski definition) is 1. The molecular weight excluding hydrogens is 321 g/mol. The van der Waals surface area contributed by atoms with E-state index in [9.17, 15) is 32.9 Å². The number of nitro benzene ring substituents is 1. The summed E-state index contributed by atoms with van der Waals surface area (Å²) < 4.78 is 41.2. The van der Waals surface area contributed by atoms with E-state index in [1.165, 1.54) is 5.32 Å². The van der Waals surface area contributed by atoms with Gasteiger partial charge >= 0.3 is 12.1 Å². The van der Waals surface area contributed by atoms with Crippen LogP contribution in [0.3, 0.4) is 0 Å². The van der Waals surface area contributed by atoms with Crippen molar-refractivity contribution < 1.29 is 32.4 Å². The van der Waals surface area contributed by atoms with E-state index < -0.39 is 39.2 Å². The Morgan fingerprint density at radius 1 is 1.38 bits per heavy atom. The van der Waals surface area contributed by atoms with Gasteiger partial charge in [-0.05, 0) is 11.6 Å². The van der Waals surface area contributed by atoms with Crippen molar-refractivity contribution in [3.8, 4) is 5.75 Å². The van der Waals surface area contributed by atoms with Crippen LogP contribution in [0.1, 0.15) is 10.4 Å². The van der Waals surface area contributed by atoms with E-state index >= 15 is 0 Å². The van der Waals surface area contributed by atoms with Gasteiger partial charge < -0.3 is 10.1 Å². The molecule has 0 atom stereocenters. The van der Waals surface area contributed by atoms with Crippen molar-refractivity contribution in [3.05, 3.63) is 27.8 Å². The van der Waals surface area contributed by atoms with Crippen LogP contribution in [0, 0.1) is 10.1 Å². The minimum absolute atomic E-state index is 0.387. The summed E-state index contributed by atoms with van der Waals surface area (Å²) >= 11 is 5.15. The molecule has 0 spiro atoms. The number of carbonyl (C=O) groups excluding carboxylic acids is 2. The predicted molar refractivity (Wildman–Crippen MR) is 64.5 cm³/mol. The Morgan fingerprint density at radius 2 is 1.95 bits per heavy atom. The molecule has 0 aromatic heterocycles. The molecule has 1 aromatic carbocycles. The molecule has 0 heterocycles. The quantitative estimate of drug-likeness (QED) is 0.520. The second-order valence-corrected chi connectivity index (χ2v) is 3.90. The number of ether oxygens (including phenoxy) is 1. The first-order valence-electron chi connectivity index (χ1n) is 5.02. The summed E-state index contributed by atoms with van der Waals surface area (Å²) in [4.78, 5) is 31.7. The summed E-state index contributed by atoms with van der Waals surface area (Å²) in [6.07, 6.45) is -5.19. The largest absolute Gasteiger partial charge is 0.495 e. The molecule has 0 aliphatic heterocycles. The number of benzene rings is 1. The normalized spacial score (nSPS) is 10.9. The Bertz CT molecular complexity index is 617. The maximum atomic E-state index is 12.2. The van der Waals surface area contributed by atoms with Crippen molar-refractivity contribution in [3.63, 3.8) is 0 Å². The van der Waals surface area contributed by atoms with E-state index in [1.54, 1.807) is 0 Å². The number of methoxy groups -OCH3 is 1. The molecule has 1 rings (SSSR count). The van der Waals surface area contributed by atoms with Crippen LogP contribution < -0.4 is 10.1 Å². The van der Waals surface area contributed by atoms with E-state index in [-0.39, 0.29) is 5.75 Å². The lowest BCUT2D eigenvalue weighted by Gasteiger charge is -2.12. The number of hydrogen-bond acceptors (Lipinski definition) is 5. The van der Waals surface area contributed by atoms with E-state index in [1.807, 2.05) is 0 Å². The third-order valence-corrected chi connectivity index (χ3v) is 2.44. The van der Waals surface area contributed by atoms with Crippen LogP contribution in [-0.2, 0) is 4.79 Å². The van der Waals surface area contributed by atoms with Gasteiger partial charge in [0.2, 0.25) is 0 Å². The standard InChI is InChI=1S/C10H6ClF3N2O5/c1-21-7-2-4(8(11)17)6(16(19)20)3-5(7)15-9(18)10(12,13)14/h2-3H,1H3,(H,15,18). The molecular formula is C10H6ClF3N2O5. The predicted octanol–water partition coefficient (Wildman–Crippen LogP) is 2.48. The Labute approximate surface area is 119 Å². The highest BCUT2D eigenvalue weighted by Crippen LogP contribution is 2.34. The second-order valence-electron chi connectivity index (χ2n) is 3.55. The van der Waals surface area contributed by atoms with Gasteiger partial charge in [0, 0.05) is 12.1 Å². The summed E-state index contributed by atoms with van der Waals surface area (Å²) in [5.74, 6) is -2.73. The van der Waals surface area contributed by atoms with Gasteiger partial charge in [0.05, 0.1) is 17.7 Å². The van der Waals surface area contributed by atoms with Crippen LogP contribution in [0.2, 0.25) is 0 Å². The summed E-state index contributed by atoms with van der Waals surface area (Å²) in [5, 5.41) is 11.0. The van der Waals surface area contributed by atoms with Gasteiger partial charge in [0.25, 0.3) is 10.9 Å². The van der Waals surface area contributed by atoms with Crippen LogP contribution in [0.5, 0.6) is 5.75 Å². The molecule has 1 N–H and O–H groups in total. The average Bonchev–Trinajstić information content (AvgIpc) is 2.36. The van der Waals surface area contributed by atoms with Gasteiger partial charge in [-0.15, -0.1) is 0 Å². The molecule has 1 amide bonds. The van der Waals surface area contributed by atoms with Crippen molar-refractivity contribution in [2.45, 2.75) is 6.18 Å². The third-order valence-electron chi connectivity index (χ3n) is 2.23. The molecule has 21 heavy (non-hydrogen) atoms. The van der Waals surface area contributed by atoms with Gasteiger partial charge in [0.15, 0.2) is 0 Å². The van der Waals surface area contributed by atoms with E-state index in [2.05, 4.69) is 4.74 Å². The molecule has 0 aliphatic carbocycles. The molecule has 0 bridgehead atoms. The first-order chi connectivity index (χ1) is 9.57. The molecule has 0 radical (unpaired) electrons. The zero-order valence-corrected chi connectivity index (χ0v) is 10.9. The minimum atomic E-state index is -5.19. The number of rotatable bonds is 4. The lowest BCUT2D eigenvalue weighted by molar-refractivity contribution is -0.385. The molecule has 114 valence electrons. The van der Waals surface area contributed by atoms with Gasteiger partial charge in [0.1, 0.15) is 11.3 Å². The maximum absolute atomic E-state index is 12.2. The fourth-order valence-corrected chi connectivity index (χ4v) is 1.49. The first-order valence-corrected chi connectivity index (χ1v) is 5.40. The lowest BCUT2D eigenvalue weighted by atomic mass is 10.1. The topological polar surface area (TPSA) is 98.5 Å². The highest BCUT2D eigenvalue weighted by Gasteiger charge is 2.39. The number of nitrogens with one attached hydrogen (secondary N) is 1. The second kappa shape index (κ2) is 5.95. The summed E-state index contributed by atoms with van der Waals surface area (Å²) in [6.45, 7) is 0. The van der Waals surface area contributed by atoms with E-state index in [4.69, 9.17) is 11.6 Å². The van der Waals surface area contributed by atoms with Crippen molar-refractivity contribution in [1.29, 1.82) is 0 Å². The molecule has 0 saturated carbocycles. The highest BCUT2D eigenvalue weighted by atomic mass is 35.5. The molecule has 0 unspecified atom stereocenters. The fourth-order valence-electron chi connectivity index (χ4n) is 1.34. The van der Waals surface area contributed by atoms with Crippen LogP contribution in [0.4, 0.5) is 24.5 Å². The fraction of sp³-hybridized carbons (Fsp3) is 0.200.